The predicted octanol–water partition coefficient (Wildman–Crippen LogP) is 2.21. The van der Waals surface area contributed by atoms with Crippen LogP contribution in [0.3, 0.4) is 0 Å². The van der Waals surface area contributed by atoms with Crippen LogP contribution in [-0.2, 0) is 0 Å². The lowest BCUT2D eigenvalue weighted by molar-refractivity contribution is 0.445. The molecule has 1 aromatic carbocycles. The number of hydrogen-bond acceptors (Lipinski definition) is 3. The van der Waals surface area contributed by atoms with E-state index in [0.717, 1.165) is 18.8 Å². The van der Waals surface area contributed by atoms with Crippen molar-refractivity contribution in [2.24, 2.45) is 5.92 Å². The summed E-state index contributed by atoms with van der Waals surface area (Å²) in [5.74, 6) is 0.895. The first kappa shape index (κ1) is 10.1. The molecule has 0 amide bonds. The largest absolute Gasteiger partial charge is 0.506 e. The van der Waals surface area contributed by atoms with Crippen molar-refractivity contribution in [2.75, 3.05) is 23.7 Å². The minimum atomic E-state index is 0.186. The first-order valence-corrected chi connectivity index (χ1v) is 5.51. The molecule has 1 aliphatic heterocycles. The highest BCUT2D eigenvalue weighted by Crippen LogP contribution is 2.33. The van der Waals surface area contributed by atoms with Crippen LogP contribution < -0.4 is 10.6 Å². The SMILES string of the molecule is CC1CCCN(c2cccc(O)c2N)C1. The molecular weight excluding hydrogens is 188 g/mol. The van der Waals surface area contributed by atoms with E-state index >= 15 is 0 Å². The van der Waals surface area contributed by atoms with Gasteiger partial charge in [-0.25, -0.2) is 0 Å². The van der Waals surface area contributed by atoms with E-state index in [-0.39, 0.29) is 5.75 Å². The van der Waals surface area contributed by atoms with Gasteiger partial charge in [0.2, 0.25) is 0 Å². The Morgan fingerprint density at radius 2 is 2.27 bits per heavy atom. The number of phenolic OH excluding ortho intramolecular Hbond substituents is 1. The second-order valence-corrected chi connectivity index (χ2v) is 4.40. The monoisotopic (exact) mass is 206 g/mol. The Bertz CT molecular complexity index is 351. The minimum absolute atomic E-state index is 0.186. The molecule has 1 atom stereocenters. The lowest BCUT2D eigenvalue weighted by atomic mass is 9.99. The van der Waals surface area contributed by atoms with Crippen molar-refractivity contribution >= 4 is 11.4 Å². The number of nitrogens with two attached hydrogens (primary N) is 1. The van der Waals surface area contributed by atoms with Gasteiger partial charge in [0.15, 0.2) is 0 Å². The van der Waals surface area contributed by atoms with Crippen LogP contribution >= 0.6 is 0 Å². The molecular formula is C12H18N2O. The molecule has 0 saturated carbocycles. The molecule has 0 aromatic heterocycles. The predicted molar refractivity (Wildman–Crippen MR) is 63.1 cm³/mol. The number of phenols is 1. The molecule has 0 aliphatic carbocycles. The molecule has 3 heteroatoms. The third-order valence-corrected chi connectivity index (χ3v) is 3.06. The van der Waals surface area contributed by atoms with E-state index in [9.17, 15) is 5.11 Å². The molecule has 3 N–H and O–H groups in total. The zero-order valence-corrected chi connectivity index (χ0v) is 9.11. The number of benzene rings is 1. The summed E-state index contributed by atoms with van der Waals surface area (Å²) in [4.78, 5) is 2.27. The third kappa shape index (κ3) is 2.01. The molecule has 1 unspecified atom stereocenters. The highest BCUT2D eigenvalue weighted by molar-refractivity contribution is 5.73. The number of rotatable bonds is 1. The Morgan fingerprint density at radius 1 is 1.47 bits per heavy atom. The number of nitrogens with zero attached hydrogens (tertiary/aromatic N) is 1. The second kappa shape index (κ2) is 4.01. The van der Waals surface area contributed by atoms with Gasteiger partial charge in [0.1, 0.15) is 5.75 Å². The van der Waals surface area contributed by atoms with Gasteiger partial charge in [-0.2, -0.15) is 0 Å². The van der Waals surface area contributed by atoms with Crippen LogP contribution in [0.25, 0.3) is 0 Å². The van der Waals surface area contributed by atoms with Crippen LogP contribution in [0.15, 0.2) is 18.2 Å². The van der Waals surface area contributed by atoms with Crippen LogP contribution in [0.4, 0.5) is 11.4 Å². The van der Waals surface area contributed by atoms with Gasteiger partial charge in [-0.05, 0) is 30.9 Å². The Morgan fingerprint density at radius 3 is 3.00 bits per heavy atom. The number of anilines is 2. The summed E-state index contributed by atoms with van der Waals surface area (Å²) in [6, 6.07) is 5.46. The fourth-order valence-electron chi connectivity index (χ4n) is 2.23. The van der Waals surface area contributed by atoms with Crippen LogP contribution in [0.2, 0.25) is 0 Å². The lowest BCUT2D eigenvalue weighted by Gasteiger charge is -2.33. The molecule has 1 aromatic rings. The lowest BCUT2D eigenvalue weighted by Crippen LogP contribution is -2.34. The van der Waals surface area contributed by atoms with E-state index in [2.05, 4.69) is 11.8 Å². The molecule has 15 heavy (non-hydrogen) atoms. The minimum Gasteiger partial charge on any atom is -0.506 e. The van der Waals surface area contributed by atoms with Crippen molar-refractivity contribution in [3.8, 4) is 5.75 Å². The molecule has 3 nitrogen and oxygen atoms in total. The summed E-state index contributed by atoms with van der Waals surface area (Å²) in [6.07, 6.45) is 2.49. The van der Waals surface area contributed by atoms with E-state index in [1.54, 1.807) is 6.07 Å². The normalized spacial score (nSPS) is 21.7. The molecule has 1 aliphatic rings. The Labute approximate surface area is 90.5 Å². The van der Waals surface area contributed by atoms with Crippen LogP contribution in [0, 0.1) is 5.92 Å². The maximum Gasteiger partial charge on any atom is 0.140 e. The Balaban J connectivity index is 2.24. The average molecular weight is 206 g/mol. The summed E-state index contributed by atoms with van der Waals surface area (Å²) in [6.45, 7) is 4.33. The summed E-state index contributed by atoms with van der Waals surface area (Å²) < 4.78 is 0. The number of hydrogen-bond donors (Lipinski definition) is 2. The van der Waals surface area contributed by atoms with Crippen molar-refractivity contribution in [1.29, 1.82) is 0 Å². The zero-order valence-electron chi connectivity index (χ0n) is 9.11. The molecule has 0 bridgehead atoms. The molecule has 1 fully saturated rings. The first-order valence-electron chi connectivity index (χ1n) is 5.51. The molecule has 2 rings (SSSR count). The molecule has 0 spiro atoms. The van der Waals surface area contributed by atoms with E-state index in [4.69, 9.17) is 5.73 Å². The fourth-order valence-corrected chi connectivity index (χ4v) is 2.23. The van der Waals surface area contributed by atoms with Gasteiger partial charge in [0.05, 0.1) is 11.4 Å². The van der Waals surface area contributed by atoms with Gasteiger partial charge in [-0.3, -0.25) is 0 Å². The maximum atomic E-state index is 9.54. The van der Waals surface area contributed by atoms with Gasteiger partial charge in [0, 0.05) is 13.1 Å². The quantitative estimate of drug-likeness (QED) is 0.547. The van der Waals surface area contributed by atoms with Gasteiger partial charge >= 0.3 is 0 Å². The van der Waals surface area contributed by atoms with Crippen molar-refractivity contribution in [1.82, 2.24) is 0 Å². The van der Waals surface area contributed by atoms with Crippen LogP contribution in [0.5, 0.6) is 5.75 Å². The van der Waals surface area contributed by atoms with Crippen molar-refractivity contribution in [2.45, 2.75) is 19.8 Å². The summed E-state index contributed by atoms with van der Waals surface area (Å²) >= 11 is 0. The highest BCUT2D eigenvalue weighted by Gasteiger charge is 2.18. The van der Waals surface area contributed by atoms with E-state index in [0.29, 0.717) is 11.6 Å². The van der Waals surface area contributed by atoms with Crippen molar-refractivity contribution in [3.05, 3.63) is 18.2 Å². The second-order valence-electron chi connectivity index (χ2n) is 4.40. The van der Waals surface area contributed by atoms with Crippen molar-refractivity contribution < 1.29 is 5.11 Å². The van der Waals surface area contributed by atoms with E-state index in [1.807, 2.05) is 12.1 Å². The number of aromatic hydroxyl groups is 1. The Hall–Kier alpha value is -1.38. The summed E-state index contributed by atoms with van der Waals surface area (Å²) in [7, 11) is 0. The van der Waals surface area contributed by atoms with Gasteiger partial charge < -0.3 is 15.7 Å². The van der Waals surface area contributed by atoms with Crippen LogP contribution in [-0.4, -0.2) is 18.2 Å². The van der Waals surface area contributed by atoms with Crippen molar-refractivity contribution in [3.63, 3.8) is 0 Å². The summed E-state index contributed by atoms with van der Waals surface area (Å²) in [5, 5.41) is 9.54. The first-order chi connectivity index (χ1) is 7.18. The Kier molecular flexibility index (Phi) is 2.71. The number of nitrogen functional groups attached to an aromatic ring is 1. The molecule has 0 radical (unpaired) electrons. The topological polar surface area (TPSA) is 49.5 Å². The molecule has 82 valence electrons. The fraction of sp³-hybridized carbons (Fsp3) is 0.500. The summed E-state index contributed by atoms with van der Waals surface area (Å²) in [5.41, 5.74) is 7.35. The highest BCUT2D eigenvalue weighted by atomic mass is 16.3. The molecule has 1 saturated heterocycles. The smallest absolute Gasteiger partial charge is 0.140 e. The van der Waals surface area contributed by atoms with Gasteiger partial charge in [-0.1, -0.05) is 13.0 Å². The van der Waals surface area contributed by atoms with E-state index in [1.165, 1.54) is 12.8 Å². The number of piperidine rings is 1. The zero-order chi connectivity index (χ0) is 10.8. The van der Waals surface area contributed by atoms with Gasteiger partial charge in [0.25, 0.3) is 0 Å². The van der Waals surface area contributed by atoms with Gasteiger partial charge in [-0.15, -0.1) is 0 Å². The maximum absolute atomic E-state index is 9.54. The standard InChI is InChI=1S/C12H18N2O/c1-9-4-3-7-14(8-9)10-5-2-6-11(15)12(10)13/h2,5-6,9,15H,3-4,7-8,13H2,1H3. The van der Waals surface area contributed by atoms with E-state index < -0.39 is 0 Å². The molecule has 1 heterocycles. The number of para-hydroxylation sites is 1. The average Bonchev–Trinajstić information content (AvgIpc) is 2.22. The van der Waals surface area contributed by atoms with Crippen LogP contribution in [0.1, 0.15) is 19.8 Å². The third-order valence-electron chi connectivity index (χ3n) is 3.06.